The number of hydrogen-bond donors (Lipinski definition) is 3. The molecule has 0 fully saturated rings. The molecule has 0 aliphatic heterocycles. The van der Waals surface area contributed by atoms with Crippen LogP contribution in [0.3, 0.4) is 0 Å². The molecule has 0 radical (unpaired) electrons. The van der Waals surface area contributed by atoms with Crippen molar-refractivity contribution in [3.63, 3.8) is 0 Å². The molecule has 7 atom stereocenters. The summed E-state index contributed by atoms with van der Waals surface area (Å²) in [7, 11) is -9.93. The minimum Gasteiger partial charge on any atom is -0.462 e. The lowest BCUT2D eigenvalue weighted by atomic mass is 9.99. The van der Waals surface area contributed by atoms with Gasteiger partial charge in [-0.15, -0.1) is 0 Å². The molecule has 612 valence electrons. The van der Waals surface area contributed by atoms with Gasteiger partial charge in [-0.3, -0.25) is 37.3 Å². The van der Waals surface area contributed by atoms with Gasteiger partial charge in [0.25, 0.3) is 0 Å². The first-order chi connectivity index (χ1) is 49.7. The Morgan fingerprint density at radius 1 is 0.272 bits per heavy atom. The summed E-state index contributed by atoms with van der Waals surface area (Å²) in [4.78, 5) is 73.2. The van der Waals surface area contributed by atoms with Gasteiger partial charge in [0, 0.05) is 25.7 Å². The average molecular weight is 1510 g/mol. The Morgan fingerprint density at radius 3 is 0.689 bits per heavy atom. The molecule has 0 aromatic rings. The van der Waals surface area contributed by atoms with Crippen molar-refractivity contribution >= 4 is 39.5 Å². The van der Waals surface area contributed by atoms with Gasteiger partial charge in [0.05, 0.1) is 26.4 Å². The zero-order chi connectivity index (χ0) is 76.0. The Bertz CT molecular complexity index is 2010. The van der Waals surface area contributed by atoms with Crippen molar-refractivity contribution in [3.05, 3.63) is 0 Å². The number of carbonyl (C=O) groups is 4. The molecule has 0 rings (SSSR count). The highest BCUT2D eigenvalue weighted by Gasteiger charge is 2.30. The zero-order valence-corrected chi connectivity index (χ0v) is 69.7. The molecule has 0 saturated carbocycles. The third-order valence-electron chi connectivity index (χ3n) is 20.3. The van der Waals surface area contributed by atoms with Crippen molar-refractivity contribution in [1.29, 1.82) is 0 Å². The monoisotopic (exact) mass is 1510 g/mol. The molecule has 0 aromatic heterocycles. The van der Waals surface area contributed by atoms with E-state index in [2.05, 4.69) is 55.4 Å². The maximum absolute atomic E-state index is 13.1. The molecule has 17 nitrogen and oxygen atoms in total. The minimum atomic E-state index is -4.97. The van der Waals surface area contributed by atoms with Crippen LogP contribution in [-0.2, 0) is 65.4 Å². The predicted molar refractivity (Wildman–Crippen MR) is 423 cm³/mol. The molecule has 0 aliphatic carbocycles. The van der Waals surface area contributed by atoms with E-state index < -0.39 is 97.5 Å². The topological polar surface area (TPSA) is 237 Å². The van der Waals surface area contributed by atoms with Gasteiger partial charge in [0.2, 0.25) is 0 Å². The quantitative estimate of drug-likeness (QED) is 0.0222. The van der Waals surface area contributed by atoms with Gasteiger partial charge in [-0.05, 0) is 49.4 Å². The van der Waals surface area contributed by atoms with Crippen molar-refractivity contribution in [2.24, 2.45) is 23.7 Å². The molecule has 0 saturated heterocycles. The van der Waals surface area contributed by atoms with E-state index in [0.29, 0.717) is 25.7 Å². The average Bonchev–Trinajstić information content (AvgIpc) is 1.01. The van der Waals surface area contributed by atoms with Crippen LogP contribution in [0.1, 0.15) is 434 Å². The normalized spacial score (nSPS) is 14.5. The van der Waals surface area contributed by atoms with Crippen LogP contribution in [0.15, 0.2) is 0 Å². The lowest BCUT2D eigenvalue weighted by Crippen LogP contribution is -2.30. The second-order valence-electron chi connectivity index (χ2n) is 31.7. The first-order valence-electron chi connectivity index (χ1n) is 43.3. The molecule has 0 aliphatic rings. The van der Waals surface area contributed by atoms with Crippen molar-refractivity contribution < 1.29 is 80.2 Å². The van der Waals surface area contributed by atoms with E-state index in [9.17, 15) is 43.2 Å². The fraction of sp³-hybridized carbons (Fsp3) is 0.952. The third-order valence-corrected chi connectivity index (χ3v) is 22.2. The van der Waals surface area contributed by atoms with Crippen LogP contribution >= 0.6 is 15.6 Å². The van der Waals surface area contributed by atoms with Crippen LogP contribution in [0.5, 0.6) is 0 Å². The first-order valence-corrected chi connectivity index (χ1v) is 46.3. The highest BCUT2D eigenvalue weighted by molar-refractivity contribution is 7.47. The smallest absolute Gasteiger partial charge is 0.462 e. The summed E-state index contributed by atoms with van der Waals surface area (Å²) >= 11 is 0. The van der Waals surface area contributed by atoms with Crippen LogP contribution in [0, 0.1) is 23.7 Å². The highest BCUT2D eigenvalue weighted by atomic mass is 31.2. The van der Waals surface area contributed by atoms with E-state index in [1.165, 1.54) is 238 Å². The zero-order valence-electron chi connectivity index (χ0n) is 68.0. The van der Waals surface area contributed by atoms with Crippen LogP contribution in [0.4, 0.5) is 0 Å². The Morgan fingerprint density at radius 2 is 0.466 bits per heavy atom. The van der Waals surface area contributed by atoms with E-state index in [1.54, 1.807) is 0 Å². The molecular weight excluding hydrogens is 1340 g/mol. The molecule has 0 spiro atoms. The van der Waals surface area contributed by atoms with Crippen molar-refractivity contribution in [2.75, 3.05) is 39.6 Å². The van der Waals surface area contributed by atoms with E-state index in [-0.39, 0.29) is 25.7 Å². The SMILES string of the molecule is CCC(C)CCCCCCCCCCCCCCCCC(=O)OC[C@H](COP(=O)(O)OC[C@@H](O)COP(=O)(O)OC[C@@H](COC(=O)CCCCCCCCCCC(C)CC)OC(=O)CCCCCCCCCCCCCC(C)C)OC(=O)CCCCCCCCCCCCCCCCCCC(C)C. The van der Waals surface area contributed by atoms with Crippen molar-refractivity contribution in [2.45, 2.75) is 453 Å². The summed E-state index contributed by atoms with van der Waals surface area (Å²) in [6.45, 7) is 14.4. The van der Waals surface area contributed by atoms with E-state index in [4.69, 9.17) is 37.0 Å². The number of phosphoric ester groups is 2. The first kappa shape index (κ1) is 101. The van der Waals surface area contributed by atoms with Crippen LogP contribution in [0.2, 0.25) is 0 Å². The van der Waals surface area contributed by atoms with Crippen LogP contribution in [-0.4, -0.2) is 96.7 Å². The third kappa shape index (κ3) is 75.3. The molecule has 0 bridgehead atoms. The van der Waals surface area contributed by atoms with Crippen molar-refractivity contribution in [3.8, 4) is 0 Å². The highest BCUT2D eigenvalue weighted by Crippen LogP contribution is 2.45. The second-order valence-corrected chi connectivity index (χ2v) is 34.6. The molecule has 4 unspecified atom stereocenters. The molecule has 19 heteroatoms. The minimum absolute atomic E-state index is 0.106. The van der Waals surface area contributed by atoms with Crippen LogP contribution < -0.4 is 0 Å². The number of aliphatic hydroxyl groups is 1. The van der Waals surface area contributed by atoms with E-state index >= 15 is 0 Å². The summed E-state index contributed by atoms with van der Waals surface area (Å²) < 4.78 is 68.9. The number of ether oxygens (including phenoxy) is 4. The molecule has 0 amide bonds. The number of rotatable bonds is 81. The number of aliphatic hydroxyl groups excluding tert-OH is 1. The largest absolute Gasteiger partial charge is 0.472 e. The second kappa shape index (κ2) is 72.9. The fourth-order valence-corrected chi connectivity index (χ4v) is 14.5. The summed E-state index contributed by atoms with van der Waals surface area (Å²) in [5.74, 6) is 1.09. The van der Waals surface area contributed by atoms with E-state index in [0.717, 1.165) is 114 Å². The Kier molecular flexibility index (Phi) is 71.5. The molecule has 0 aromatic carbocycles. The van der Waals surface area contributed by atoms with Gasteiger partial charge < -0.3 is 33.8 Å². The van der Waals surface area contributed by atoms with Gasteiger partial charge in [0.1, 0.15) is 19.3 Å². The fourth-order valence-electron chi connectivity index (χ4n) is 12.9. The van der Waals surface area contributed by atoms with Crippen molar-refractivity contribution in [1.82, 2.24) is 0 Å². The van der Waals surface area contributed by atoms with Crippen LogP contribution in [0.25, 0.3) is 0 Å². The molecule has 0 heterocycles. The molecule has 3 N–H and O–H groups in total. The van der Waals surface area contributed by atoms with Gasteiger partial charge in [-0.25, -0.2) is 9.13 Å². The summed E-state index contributed by atoms with van der Waals surface area (Å²) in [6.07, 6.45) is 60.9. The Hall–Kier alpha value is -1.94. The lowest BCUT2D eigenvalue weighted by molar-refractivity contribution is -0.161. The van der Waals surface area contributed by atoms with Gasteiger partial charge in [-0.1, -0.05) is 383 Å². The van der Waals surface area contributed by atoms with Gasteiger partial charge >= 0.3 is 39.5 Å². The maximum atomic E-state index is 13.1. The summed E-state index contributed by atoms with van der Waals surface area (Å²) in [6, 6.07) is 0. The standard InChI is InChI=1S/C84H164O17P2/c1-9-76(7)62-54-46-38-30-24-18-15-16-19-25-31-40-48-56-64-81(86)94-70-79(100-83(88)66-58-50-42-32-26-20-14-12-11-13-17-22-28-36-44-52-60-74(3)4)72-98-102(90,91)96-68-78(85)69-97-103(92,93)99-73-80(71-95-82(87)65-57-49-41-35-34-39-47-55-63-77(8)10-2)101-84(89)67-59-51-43-33-27-21-23-29-37-45-53-61-75(5)6/h74-80,85H,9-73H2,1-8H3,(H,90,91)(H,92,93)/t76?,77?,78-,79-,80-/m1/s1. The Balaban J connectivity index is 5.27. The number of carbonyl (C=O) groups excluding carboxylic acids is 4. The van der Waals surface area contributed by atoms with Gasteiger partial charge in [-0.2, -0.15) is 0 Å². The number of hydrogen-bond acceptors (Lipinski definition) is 15. The van der Waals surface area contributed by atoms with E-state index in [1.807, 2.05) is 0 Å². The Labute approximate surface area is 632 Å². The lowest BCUT2D eigenvalue weighted by Gasteiger charge is -2.21. The maximum Gasteiger partial charge on any atom is 0.472 e. The molecule has 103 heavy (non-hydrogen) atoms. The predicted octanol–water partition coefficient (Wildman–Crippen LogP) is 25.2. The number of unbranched alkanes of at least 4 members (excludes halogenated alkanes) is 45. The molecular formula is C84H164O17P2. The summed E-state index contributed by atoms with van der Waals surface area (Å²) in [5, 5.41) is 10.7. The number of phosphoric acid groups is 2. The number of esters is 4. The van der Waals surface area contributed by atoms with Gasteiger partial charge in [0.15, 0.2) is 12.2 Å². The summed E-state index contributed by atoms with van der Waals surface area (Å²) in [5.41, 5.74) is 0.